The molecule has 0 saturated heterocycles. The Labute approximate surface area is 131 Å². The smallest absolute Gasteiger partial charge is 0.253 e. The Morgan fingerprint density at radius 3 is 2.36 bits per heavy atom. The zero-order chi connectivity index (χ0) is 16.3. The molecular formula is C16H12ClFO4. The predicted octanol–water partition coefficient (Wildman–Crippen LogP) is 3.45. The summed E-state index contributed by atoms with van der Waals surface area (Å²) in [6.07, 6.45) is 0. The number of hydrogen-bond donors (Lipinski definition) is 0. The largest absolute Gasteiger partial charge is 0.493 e. The second kappa shape index (κ2) is 6.58. The summed E-state index contributed by atoms with van der Waals surface area (Å²) in [5, 5.41) is -0.819. The molecule has 0 fully saturated rings. The van der Waals surface area contributed by atoms with Crippen LogP contribution in [0.1, 0.15) is 26.3 Å². The van der Waals surface area contributed by atoms with E-state index in [2.05, 4.69) is 0 Å². The summed E-state index contributed by atoms with van der Waals surface area (Å²) in [4.78, 5) is 24.2. The number of benzene rings is 2. The van der Waals surface area contributed by atoms with Crippen LogP contribution in [0, 0.1) is 5.82 Å². The average molecular weight is 323 g/mol. The molecule has 22 heavy (non-hydrogen) atoms. The van der Waals surface area contributed by atoms with Crippen molar-refractivity contribution in [2.75, 3.05) is 14.2 Å². The second-order valence-corrected chi connectivity index (χ2v) is 4.68. The van der Waals surface area contributed by atoms with Gasteiger partial charge < -0.3 is 9.47 Å². The molecule has 0 aliphatic heterocycles. The fraction of sp³-hybridized carbons (Fsp3) is 0.125. The summed E-state index contributed by atoms with van der Waals surface area (Å²) in [5.74, 6) is -0.808. The molecule has 0 saturated carbocycles. The van der Waals surface area contributed by atoms with Crippen LogP contribution in [-0.2, 0) is 0 Å². The van der Waals surface area contributed by atoms with Crippen LogP contribution in [0.5, 0.6) is 11.5 Å². The van der Waals surface area contributed by atoms with Crippen molar-refractivity contribution in [2.45, 2.75) is 0 Å². The van der Waals surface area contributed by atoms with E-state index in [-0.39, 0.29) is 28.2 Å². The van der Waals surface area contributed by atoms with E-state index in [9.17, 15) is 14.0 Å². The summed E-state index contributed by atoms with van der Waals surface area (Å²) < 4.78 is 23.6. The molecule has 0 aliphatic rings. The first-order chi connectivity index (χ1) is 10.5. The molecule has 2 rings (SSSR count). The molecule has 0 N–H and O–H groups in total. The molecule has 0 amide bonds. The lowest BCUT2D eigenvalue weighted by atomic mass is 9.97. The lowest BCUT2D eigenvalue weighted by molar-refractivity contribution is 0.101. The molecule has 0 aromatic heterocycles. The van der Waals surface area contributed by atoms with Crippen LogP contribution in [0.25, 0.3) is 0 Å². The van der Waals surface area contributed by atoms with Crippen LogP contribution < -0.4 is 9.47 Å². The summed E-state index contributed by atoms with van der Waals surface area (Å²) in [5.41, 5.74) is -0.0215. The van der Waals surface area contributed by atoms with Gasteiger partial charge in [-0.15, -0.1) is 0 Å². The van der Waals surface area contributed by atoms with Crippen molar-refractivity contribution in [1.29, 1.82) is 0 Å². The van der Waals surface area contributed by atoms with Crippen molar-refractivity contribution >= 4 is 22.6 Å². The summed E-state index contributed by atoms with van der Waals surface area (Å²) in [6.45, 7) is 0. The minimum absolute atomic E-state index is 0.0337. The molecule has 2 aromatic rings. The molecule has 0 atom stereocenters. The number of ketones is 1. The van der Waals surface area contributed by atoms with E-state index in [1.165, 1.54) is 44.6 Å². The van der Waals surface area contributed by atoms with Crippen LogP contribution in [-0.4, -0.2) is 25.2 Å². The summed E-state index contributed by atoms with van der Waals surface area (Å²) >= 11 is 5.53. The number of rotatable bonds is 5. The van der Waals surface area contributed by atoms with Gasteiger partial charge >= 0.3 is 0 Å². The van der Waals surface area contributed by atoms with Gasteiger partial charge in [0.2, 0.25) is 0 Å². The first kappa shape index (κ1) is 16.0. The van der Waals surface area contributed by atoms with E-state index in [0.717, 1.165) is 6.07 Å². The second-order valence-electron chi connectivity index (χ2n) is 4.34. The quantitative estimate of drug-likeness (QED) is 0.625. The topological polar surface area (TPSA) is 52.6 Å². The maximum Gasteiger partial charge on any atom is 0.253 e. The zero-order valence-corrected chi connectivity index (χ0v) is 12.6. The van der Waals surface area contributed by atoms with Gasteiger partial charge in [0.05, 0.1) is 19.8 Å². The predicted molar refractivity (Wildman–Crippen MR) is 79.6 cm³/mol. The Morgan fingerprint density at radius 2 is 1.82 bits per heavy atom. The third-order valence-corrected chi connectivity index (χ3v) is 3.27. The number of carbonyl (C=O) groups is 2. The number of hydrogen-bond acceptors (Lipinski definition) is 4. The lowest BCUT2D eigenvalue weighted by Gasteiger charge is -2.14. The summed E-state index contributed by atoms with van der Waals surface area (Å²) in [7, 11) is 2.74. The van der Waals surface area contributed by atoms with Crippen molar-refractivity contribution in [3.8, 4) is 11.5 Å². The van der Waals surface area contributed by atoms with E-state index in [4.69, 9.17) is 21.1 Å². The van der Waals surface area contributed by atoms with Gasteiger partial charge in [0.15, 0.2) is 17.3 Å². The first-order valence-corrected chi connectivity index (χ1v) is 6.62. The standard InChI is InChI=1S/C16H12ClFO4/c1-21-12-7-6-11(16(17)20)13(15(12)22-2)14(19)9-4-3-5-10(18)8-9/h3-8H,1-2H3. The Morgan fingerprint density at radius 1 is 1.09 bits per heavy atom. The minimum Gasteiger partial charge on any atom is -0.493 e. The van der Waals surface area contributed by atoms with E-state index in [0.29, 0.717) is 0 Å². The molecule has 0 heterocycles. The van der Waals surface area contributed by atoms with Crippen LogP contribution >= 0.6 is 11.6 Å². The highest BCUT2D eigenvalue weighted by Crippen LogP contribution is 2.35. The van der Waals surface area contributed by atoms with Crippen LogP contribution in [0.2, 0.25) is 0 Å². The fourth-order valence-electron chi connectivity index (χ4n) is 2.09. The Balaban J connectivity index is 2.70. The van der Waals surface area contributed by atoms with Gasteiger partial charge in [0.25, 0.3) is 5.24 Å². The molecule has 114 valence electrons. The molecule has 2 aromatic carbocycles. The number of methoxy groups -OCH3 is 2. The molecule has 4 nitrogen and oxygen atoms in total. The van der Waals surface area contributed by atoms with Gasteiger partial charge in [0.1, 0.15) is 5.82 Å². The van der Waals surface area contributed by atoms with Crippen LogP contribution in [0.3, 0.4) is 0 Å². The average Bonchev–Trinajstić information content (AvgIpc) is 2.52. The molecule has 0 aliphatic carbocycles. The highest BCUT2D eigenvalue weighted by molar-refractivity contribution is 6.68. The van der Waals surface area contributed by atoms with Crippen LogP contribution in [0.4, 0.5) is 4.39 Å². The molecular weight excluding hydrogens is 311 g/mol. The van der Waals surface area contributed by atoms with E-state index in [1.54, 1.807) is 0 Å². The van der Waals surface area contributed by atoms with E-state index in [1.807, 2.05) is 0 Å². The van der Waals surface area contributed by atoms with E-state index < -0.39 is 16.8 Å². The Hall–Kier alpha value is -2.40. The first-order valence-electron chi connectivity index (χ1n) is 6.24. The van der Waals surface area contributed by atoms with Crippen molar-refractivity contribution < 1.29 is 23.5 Å². The summed E-state index contributed by atoms with van der Waals surface area (Å²) in [6, 6.07) is 7.96. The zero-order valence-electron chi connectivity index (χ0n) is 11.9. The molecule has 0 spiro atoms. The highest BCUT2D eigenvalue weighted by atomic mass is 35.5. The maximum absolute atomic E-state index is 13.3. The monoisotopic (exact) mass is 322 g/mol. The van der Waals surface area contributed by atoms with Crippen molar-refractivity contribution in [1.82, 2.24) is 0 Å². The van der Waals surface area contributed by atoms with Gasteiger partial charge in [-0.25, -0.2) is 4.39 Å². The lowest BCUT2D eigenvalue weighted by Crippen LogP contribution is -2.11. The fourth-order valence-corrected chi connectivity index (χ4v) is 2.25. The van der Waals surface area contributed by atoms with Crippen molar-refractivity contribution in [2.24, 2.45) is 0 Å². The van der Waals surface area contributed by atoms with Gasteiger partial charge in [-0.1, -0.05) is 12.1 Å². The molecule has 0 bridgehead atoms. The SMILES string of the molecule is COc1ccc(C(=O)Cl)c(C(=O)c2cccc(F)c2)c1OC. The van der Waals surface area contributed by atoms with Crippen molar-refractivity contribution in [3.63, 3.8) is 0 Å². The van der Waals surface area contributed by atoms with Gasteiger partial charge in [-0.3, -0.25) is 9.59 Å². The van der Waals surface area contributed by atoms with E-state index >= 15 is 0 Å². The molecule has 0 unspecified atom stereocenters. The Bertz CT molecular complexity index is 743. The maximum atomic E-state index is 13.3. The third-order valence-electron chi connectivity index (χ3n) is 3.07. The van der Waals surface area contributed by atoms with Gasteiger partial charge in [-0.2, -0.15) is 0 Å². The minimum atomic E-state index is -0.819. The molecule has 0 radical (unpaired) electrons. The third kappa shape index (κ3) is 2.94. The van der Waals surface area contributed by atoms with Gasteiger partial charge in [0, 0.05) is 11.1 Å². The Kier molecular flexibility index (Phi) is 4.78. The highest BCUT2D eigenvalue weighted by Gasteiger charge is 2.25. The normalized spacial score (nSPS) is 10.2. The number of carbonyl (C=O) groups excluding carboxylic acids is 2. The van der Waals surface area contributed by atoms with Crippen molar-refractivity contribution in [3.05, 3.63) is 58.9 Å². The number of ether oxygens (including phenoxy) is 2. The number of halogens is 2. The van der Waals surface area contributed by atoms with Gasteiger partial charge in [-0.05, 0) is 35.9 Å². The molecule has 6 heteroatoms. The van der Waals surface area contributed by atoms with Crippen LogP contribution in [0.15, 0.2) is 36.4 Å².